The standard InChI is InChI=1S/C6H11N5/c1-11-5(2-3-10-11)4-9-6(7)8/h2-3H,4H2,1H3,(H4,7,8,9). The minimum atomic E-state index is 0.103. The van der Waals surface area contributed by atoms with Gasteiger partial charge in [-0.25, -0.2) is 4.99 Å². The van der Waals surface area contributed by atoms with Crippen LogP contribution in [0.2, 0.25) is 0 Å². The molecule has 5 heteroatoms. The molecule has 0 amide bonds. The van der Waals surface area contributed by atoms with Gasteiger partial charge in [-0.2, -0.15) is 5.10 Å². The lowest BCUT2D eigenvalue weighted by molar-refractivity contribution is 0.712. The maximum atomic E-state index is 5.16. The fourth-order valence-corrected chi connectivity index (χ4v) is 0.729. The van der Waals surface area contributed by atoms with E-state index in [-0.39, 0.29) is 5.96 Å². The van der Waals surface area contributed by atoms with Crippen LogP contribution in [-0.4, -0.2) is 15.7 Å². The van der Waals surface area contributed by atoms with E-state index in [4.69, 9.17) is 11.5 Å². The lowest BCUT2D eigenvalue weighted by Gasteiger charge is -1.96. The van der Waals surface area contributed by atoms with Crippen molar-refractivity contribution in [1.29, 1.82) is 0 Å². The van der Waals surface area contributed by atoms with Crippen LogP contribution < -0.4 is 11.5 Å². The largest absolute Gasteiger partial charge is 0.370 e. The molecule has 4 N–H and O–H groups in total. The number of rotatable bonds is 2. The van der Waals surface area contributed by atoms with E-state index in [1.807, 2.05) is 13.1 Å². The molecule has 0 aliphatic carbocycles. The highest BCUT2D eigenvalue weighted by molar-refractivity contribution is 5.75. The van der Waals surface area contributed by atoms with E-state index < -0.39 is 0 Å². The summed E-state index contributed by atoms with van der Waals surface area (Å²) in [5.74, 6) is 0.103. The summed E-state index contributed by atoms with van der Waals surface area (Å²) in [4.78, 5) is 3.84. The molecule has 1 heterocycles. The number of aromatic nitrogens is 2. The number of nitrogens with two attached hydrogens (primary N) is 2. The zero-order valence-corrected chi connectivity index (χ0v) is 6.36. The van der Waals surface area contributed by atoms with E-state index in [0.717, 1.165) is 5.69 Å². The Morgan fingerprint density at radius 1 is 1.73 bits per heavy atom. The molecule has 0 bridgehead atoms. The number of hydrogen-bond acceptors (Lipinski definition) is 2. The highest BCUT2D eigenvalue weighted by atomic mass is 15.3. The Labute approximate surface area is 64.7 Å². The third-order valence-corrected chi connectivity index (χ3v) is 1.35. The average Bonchev–Trinajstić information content (AvgIpc) is 2.31. The van der Waals surface area contributed by atoms with Crippen LogP contribution in [0.3, 0.4) is 0 Å². The Morgan fingerprint density at radius 2 is 2.45 bits per heavy atom. The molecule has 1 rings (SSSR count). The van der Waals surface area contributed by atoms with Gasteiger partial charge in [0.1, 0.15) is 0 Å². The monoisotopic (exact) mass is 153 g/mol. The van der Waals surface area contributed by atoms with Gasteiger partial charge in [-0.05, 0) is 6.07 Å². The van der Waals surface area contributed by atoms with Crippen LogP contribution in [0.4, 0.5) is 0 Å². The molecule has 0 fully saturated rings. The molecule has 0 saturated carbocycles. The minimum absolute atomic E-state index is 0.103. The van der Waals surface area contributed by atoms with Crippen molar-refractivity contribution in [2.75, 3.05) is 0 Å². The molecule has 0 radical (unpaired) electrons. The van der Waals surface area contributed by atoms with Crippen molar-refractivity contribution in [2.24, 2.45) is 23.5 Å². The molecular formula is C6H11N5. The van der Waals surface area contributed by atoms with Gasteiger partial charge in [0.15, 0.2) is 5.96 Å². The third-order valence-electron chi connectivity index (χ3n) is 1.35. The SMILES string of the molecule is Cn1nccc1CN=C(N)N. The Bertz CT molecular complexity index is 258. The molecule has 0 aliphatic heterocycles. The van der Waals surface area contributed by atoms with Crippen molar-refractivity contribution in [3.8, 4) is 0 Å². The maximum absolute atomic E-state index is 5.16. The molecule has 1 aromatic rings. The summed E-state index contributed by atoms with van der Waals surface area (Å²) in [6.07, 6.45) is 1.71. The second-order valence-corrected chi connectivity index (χ2v) is 2.19. The molecule has 5 nitrogen and oxygen atoms in total. The van der Waals surface area contributed by atoms with Gasteiger partial charge in [0, 0.05) is 13.2 Å². The normalized spacial score (nSPS) is 9.55. The maximum Gasteiger partial charge on any atom is 0.186 e. The summed E-state index contributed by atoms with van der Waals surface area (Å²) >= 11 is 0. The highest BCUT2D eigenvalue weighted by Gasteiger charge is 1.94. The van der Waals surface area contributed by atoms with Gasteiger partial charge in [-0.3, -0.25) is 4.68 Å². The highest BCUT2D eigenvalue weighted by Crippen LogP contribution is 1.96. The first-order chi connectivity index (χ1) is 5.20. The smallest absolute Gasteiger partial charge is 0.186 e. The second-order valence-electron chi connectivity index (χ2n) is 2.19. The molecule has 0 saturated heterocycles. The Balaban J connectivity index is 2.65. The van der Waals surface area contributed by atoms with E-state index in [2.05, 4.69) is 10.1 Å². The number of hydrogen-bond donors (Lipinski definition) is 2. The van der Waals surface area contributed by atoms with Crippen LogP contribution in [-0.2, 0) is 13.6 Å². The molecule has 11 heavy (non-hydrogen) atoms. The topological polar surface area (TPSA) is 82.2 Å². The number of nitrogens with zero attached hydrogens (tertiary/aromatic N) is 3. The predicted octanol–water partition coefficient (Wildman–Crippen LogP) is -0.806. The first-order valence-corrected chi connectivity index (χ1v) is 3.22. The third kappa shape index (κ3) is 1.96. The molecule has 0 unspecified atom stereocenters. The van der Waals surface area contributed by atoms with E-state index in [1.54, 1.807) is 10.9 Å². The van der Waals surface area contributed by atoms with E-state index >= 15 is 0 Å². The molecule has 60 valence electrons. The zero-order valence-electron chi connectivity index (χ0n) is 6.36. The van der Waals surface area contributed by atoms with Crippen molar-refractivity contribution >= 4 is 5.96 Å². The van der Waals surface area contributed by atoms with Gasteiger partial charge in [-0.1, -0.05) is 0 Å². The van der Waals surface area contributed by atoms with Gasteiger partial charge in [0.2, 0.25) is 0 Å². The van der Waals surface area contributed by atoms with Gasteiger partial charge in [0.25, 0.3) is 0 Å². The lowest BCUT2D eigenvalue weighted by atomic mass is 10.4. The van der Waals surface area contributed by atoms with Crippen LogP contribution in [0, 0.1) is 0 Å². The molecule has 1 aromatic heterocycles. The summed E-state index contributed by atoms with van der Waals surface area (Å²) in [6, 6.07) is 1.87. The number of aliphatic imine (C=N–C) groups is 1. The predicted molar refractivity (Wildman–Crippen MR) is 42.7 cm³/mol. The van der Waals surface area contributed by atoms with Gasteiger partial charge >= 0.3 is 0 Å². The van der Waals surface area contributed by atoms with E-state index in [0.29, 0.717) is 6.54 Å². The van der Waals surface area contributed by atoms with Gasteiger partial charge in [-0.15, -0.1) is 0 Å². The fraction of sp³-hybridized carbons (Fsp3) is 0.333. The fourth-order valence-electron chi connectivity index (χ4n) is 0.729. The van der Waals surface area contributed by atoms with Crippen LogP contribution in [0.5, 0.6) is 0 Å². The van der Waals surface area contributed by atoms with Crippen molar-refractivity contribution in [3.05, 3.63) is 18.0 Å². The number of guanidine groups is 1. The second kappa shape index (κ2) is 3.05. The Morgan fingerprint density at radius 3 is 2.91 bits per heavy atom. The van der Waals surface area contributed by atoms with Crippen LogP contribution >= 0.6 is 0 Å². The van der Waals surface area contributed by atoms with E-state index in [1.165, 1.54) is 0 Å². The summed E-state index contributed by atoms with van der Waals surface area (Å²) in [5.41, 5.74) is 11.3. The van der Waals surface area contributed by atoms with Gasteiger partial charge in [0.05, 0.1) is 12.2 Å². The molecule has 0 aromatic carbocycles. The summed E-state index contributed by atoms with van der Waals surface area (Å²) in [7, 11) is 1.84. The van der Waals surface area contributed by atoms with Crippen molar-refractivity contribution in [2.45, 2.75) is 6.54 Å². The molecule has 0 spiro atoms. The zero-order chi connectivity index (χ0) is 8.27. The molecule has 0 aliphatic rings. The Kier molecular flexibility index (Phi) is 2.10. The van der Waals surface area contributed by atoms with Crippen LogP contribution in [0.15, 0.2) is 17.3 Å². The van der Waals surface area contributed by atoms with Crippen LogP contribution in [0.1, 0.15) is 5.69 Å². The van der Waals surface area contributed by atoms with Crippen LogP contribution in [0.25, 0.3) is 0 Å². The number of aryl methyl sites for hydroxylation is 1. The summed E-state index contributed by atoms with van der Waals surface area (Å²) < 4.78 is 1.73. The van der Waals surface area contributed by atoms with Crippen molar-refractivity contribution in [3.63, 3.8) is 0 Å². The average molecular weight is 153 g/mol. The minimum Gasteiger partial charge on any atom is -0.370 e. The first-order valence-electron chi connectivity index (χ1n) is 3.22. The molecule has 0 atom stereocenters. The summed E-state index contributed by atoms with van der Waals surface area (Å²) in [6.45, 7) is 0.485. The lowest BCUT2D eigenvalue weighted by Crippen LogP contribution is -2.22. The quantitative estimate of drug-likeness (QED) is 0.430. The summed E-state index contributed by atoms with van der Waals surface area (Å²) in [5, 5.41) is 3.96. The van der Waals surface area contributed by atoms with E-state index in [9.17, 15) is 0 Å². The van der Waals surface area contributed by atoms with Crippen molar-refractivity contribution in [1.82, 2.24) is 9.78 Å². The Hall–Kier alpha value is -1.52. The first kappa shape index (κ1) is 7.59. The van der Waals surface area contributed by atoms with Gasteiger partial charge < -0.3 is 11.5 Å². The molecular weight excluding hydrogens is 142 g/mol. The van der Waals surface area contributed by atoms with Crippen molar-refractivity contribution < 1.29 is 0 Å².